The number of nitrogens with one attached hydrogen (secondary N) is 1. The lowest BCUT2D eigenvalue weighted by molar-refractivity contribution is 0.0953. The van der Waals surface area contributed by atoms with Crippen molar-refractivity contribution in [3.63, 3.8) is 0 Å². The van der Waals surface area contributed by atoms with E-state index in [4.69, 9.17) is 5.26 Å². The molecule has 0 saturated carbocycles. The van der Waals surface area contributed by atoms with Crippen molar-refractivity contribution in [2.45, 2.75) is 84.0 Å². The summed E-state index contributed by atoms with van der Waals surface area (Å²) in [5.41, 5.74) is 3.86. The molecule has 0 atom stereocenters. The summed E-state index contributed by atoms with van der Waals surface area (Å²) in [5.74, 6) is 0.0227. The average molecular weight is 419 g/mol. The molecule has 0 bridgehead atoms. The van der Waals surface area contributed by atoms with E-state index in [0.29, 0.717) is 5.56 Å². The van der Waals surface area contributed by atoms with Crippen molar-refractivity contribution in [1.82, 2.24) is 5.32 Å². The highest BCUT2D eigenvalue weighted by Gasteiger charge is 2.05. The topological polar surface area (TPSA) is 52.9 Å². The molecule has 0 spiro atoms. The predicted molar refractivity (Wildman–Crippen MR) is 129 cm³/mol. The first-order valence-corrected chi connectivity index (χ1v) is 12.1. The molecule has 0 fully saturated rings. The molecule has 0 saturated heterocycles. The Kier molecular flexibility index (Phi) is 12.1. The van der Waals surface area contributed by atoms with Crippen LogP contribution < -0.4 is 5.32 Å². The largest absolute Gasteiger partial charge is 0.352 e. The number of nitrogens with zero attached hydrogens (tertiary/aromatic N) is 1. The van der Waals surface area contributed by atoms with Gasteiger partial charge in [-0.3, -0.25) is 4.79 Å². The molecular formula is C28H38N2O. The molecule has 0 unspecified atom stereocenters. The maximum absolute atomic E-state index is 12.3. The van der Waals surface area contributed by atoms with Gasteiger partial charge in [0.1, 0.15) is 0 Å². The first kappa shape index (κ1) is 24.7. The van der Waals surface area contributed by atoms with E-state index >= 15 is 0 Å². The molecule has 31 heavy (non-hydrogen) atoms. The van der Waals surface area contributed by atoms with Gasteiger partial charge >= 0.3 is 0 Å². The van der Waals surface area contributed by atoms with Crippen molar-refractivity contribution in [2.24, 2.45) is 0 Å². The van der Waals surface area contributed by atoms with Gasteiger partial charge in [-0.2, -0.15) is 5.26 Å². The zero-order valence-corrected chi connectivity index (χ0v) is 19.2. The second kappa shape index (κ2) is 15.2. The fourth-order valence-electron chi connectivity index (χ4n) is 3.77. The molecule has 0 heterocycles. The molecule has 2 rings (SSSR count). The molecule has 166 valence electrons. The lowest BCUT2D eigenvalue weighted by Crippen LogP contribution is -2.24. The summed E-state index contributed by atoms with van der Waals surface area (Å²) in [5, 5.41) is 11.9. The maximum atomic E-state index is 12.3. The number of carbonyl (C=O) groups excluding carboxylic acids is 1. The average Bonchev–Trinajstić information content (AvgIpc) is 2.81. The Bertz CT molecular complexity index is 787. The monoisotopic (exact) mass is 418 g/mol. The highest BCUT2D eigenvalue weighted by atomic mass is 16.1. The number of carbonyl (C=O) groups is 1. The van der Waals surface area contributed by atoms with E-state index in [0.717, 1.165) is 31.4 Å². The van der Waals surface area contributed by atoms with Gasteiger partial charge in [-0.05, 0) is 54.7 Å². The van der Waals surface area contributed by atoms with Crippen molar-refractivity contribution >= 4 is 5.91 Å². The molecule has 2 aromatic rings. The van der Waals surface area contributed by atoms with Gasteiger partial charge in [0.05, 0.1) is 11.6 Å². The number of hydrogen-bond acceptors (Lipinski definition) is 2. The Morgan fingerprint density at radius 1 is 0.742 bits per heavy atom. The minimum absolute atomic E-state index is 0.0227. The van der Waals surface area contributed by atoms with Crippen molar-refractivity contribution in [3.05, 3.63) is 70.8 Å². The Morgan fingerprint density at radius 2 is 1.23 bits per heavy atom. The maximum Gasteiger partial charge on any atom is 0.251 e. The smallest absolute Gasteiger partial charge is 0.251 e. The number of aryl methyl sites for hydroxylation is 2. The van der Waals surface area contributed by atoms with Gasteiger partial charge in [0, 0.05) is 12.1 Å². The SMILES string of the molecule is CCCCCCCCCCCCNC(=O)c1ccc(CCc2ccc(C#N)cc2)cc1. The summed E-state index contributed by atoms with van der Waals surface area (Å²) in [6.45, 7) is 3.02. The van der Waals surface area contributed by atoms with Crippen LogP contribution in [0, 0.1) is 11.3 Å². The summed E-state index contributed by atoms with van der Waals surface area (Å²) < 4.78 is 0. The highest BCUT2D eigenvalue weighted by molar-refractivity contribution is 5.94. The van der Waals surface area contributed by atoms with Gasteiger partial charge in [0.2, 0.25) is 0 Å². The second-order valence-electron chi connectivity index (χ2n) is 8.44. The zero-order valence-electron chi connectivity index (χ0n) is 19.2. The Balaban J connectivity index is 1.56. The normalized spacial score (nSPS) is 10.6. The first-order valence-electron chi connectivity index (χ1n) is 12.1. The van der Waals surface area contributed by atoms with Gasteiger partial charge in [0.15, 0.2) is 0 Å². The van der Waals surface area contributed by atoms with Gasteiger partial charge in [0.25, 0.3) is 5.91 Å². The van der Waals surface area contributed by atoms with Crippen molar-refractivity contribution in [2.75, 3.05) is 6.54 Å². The van der Waals surface area contributed by atoms with Crippen LogP contribution in [0.3, 0.4) is 0 Å². The summed E-state index contributed by atoms with van der Waals surface area (Å²) in [6.07, 6.45) is 14.9. The van der Waals surface area contributed by atoms with Crippen LogP contribution in [0.2, 0.25) is 0 Å². The highest BCUT2D eigenvalue weighted by Crippen LogP contribution is 2.12. The van der Waals surface area contributed by atoms with Crippen LogP contribution in [-0.2, 0) is 12.8 Å². The second-order valence-corrected chi connectivity index (χ2v) is 8.44. The van der Waals surface area contributed by atoms with E-state index < -0.39 is 0 Å². The quantitative estimate of drug-likeness (QED) is 0.317. The summed E-state index contributed by atoms with van der Waals surface area (Å²) in [7, 11) is 0. The summed E-state index contributed by atoms with van der Waals surface area (Å²) in [4.78, 5) is 12.3. The van der Waals surface area contributed by atoms with E-state index in [2.05, 4.69) is 18.3 Å². The fraction of sp³-hybridized carbons (Fsp3) is 0.500. The third-order valence-electron chi connectivity index (χ3n) is 5.82. The van der Waals surface area contributed by atoms with Crippen LogP contribution in [0.1, 0.15) is 98.2 Å². The number of benzene rings is 2. The first-order chi connectivity index (χ1) is 15.2. The van der Waals surface area contributed by atoms with Gasteiger partial charge < -0.3 is 5.32 Å². The minimum Gasteiger partial charge on any atom is -0.352 e. The Labute approximate surface area is 188 Å². The molecule has 3 nitrogen and oxygen atoms in total. The molecule has 1 amide bonds. The van der Waals surface area contributed by atoms with Crippen molar-refractivity contribution < 1.29 is 4.79 Å². The minimum atomic E-state index is 0.0227. The number of unbranched alkanes of at least 4 members (excludes halogenated alkanes) is 9. The van der Waals surface area contributed by atoms with Crippen molar-refractivity contribution in [1.29, 1.82) is 5.26 Å². The molecule has 0 aliphatic heterocycles. The van der Waals surface area contributed by atoms with Crippen LogP contribution in [-0.4, -0.2) is 12.5 Å². The lowest BCUT2D eigenvalue weighted by Gasteiger charge is -2.07. The molecule has 0 aliphatic rings. The Morgan fingerprint density at radius 3 is 1.74 bits per heavy atom. The third kappa shape index (κ3) is 10.3. The molecule has 0 aliphatic carbocycles. The number of amides is 1. The van der Waals surface area contributed by atoms with Crippen LogP contribution in [0.25, 0.3) is 0 Å². The van der Waals surface area contributed by atoms with Crippen LogP contribution >= 0.6 is 0 Å². The van der Waals surface area contributed by atoms with Gasteiger partial charge in [-0.25, -0.2) is 0 Å². The third-order valence-corrected chi connectivity index (χ3v) is 5.82. The molecule has 0 aromatic heterocycles. The zero-order chi connectivity index (χ0) is 22.2. The Hall–Kier alpha value is -2.60. The van der Waals surface area contributed by atoms with E-state index in [1.807, 2.05) is 48.5 Å². The predicted octanol–water partition coefficient (Wildman–Crippen LogP) is 6.99. The van der Waals surface area contributed by atoms with E-state index in [-0.39, 0.29) is 5.91 Å². The lowest BCUT2D eigenvalue weighted by atomic mass is 10.0. The molecular weight excluding hydrogens is 380 g/mol. The van der Waals surface area contributed by atoms with Crippen LogP contribution in [0.4, 0.5) is 0 Å². The van der Waals surface area contributed by atoms with Gasteiger partial charge in [-0.1, -0.05) is 89.0 Å². The molecule has 0 radical (unpaired) electrons. The van der Waals surface area contributed by atoms with Gasteiger partial charge in [-0.15, -0.1) is 0 Å². The summed E-state index contributed by atoms with van der Waals surface area (Å²) in [6, 6.07) is 17.8. The number of rotatable bonds is 15. The molecule has 3 heteroatoms. The van der Waals surface area contributed by atoms with E-state index in [1.54, 1.807) is 0 Å². The number of nitriles is 1. The standard InChI is InChI=1S/C28H38N2O/c1-2-3-4-5-6-7-8-9-10-11-22-30-28(31)27-20-18-25(19-21-27)13-12-24-14-16-26(23-29)17-15-24/h14-21H,2-13,22H2,1H3,(H,30,31). The van der Waals surface area contributed by atoms with Crippen molar-refractivity contribution in [3.8, 4) is 6.07 Å². The number of hydrogen-bond donors (Lipinski definition) is 1. The van der Waals surface area contributed by atoms with E-state index in [1.165, 1.54) is 68.9 Å². The van der Waals surface area contributed by atoms with E-state index in [9.17, 15) is 4.79 Å². The van der Waals surface area contributed by atoms with Crippen LogP contribution in [0.5, 0.6) is 0 Å². The van der Waals surface area contributed by atoms with Crippen LogP contribution in [0.15, 0.2) is 48.5 Å². The molecule has 1 N–H and O–H groups in total. The summed E-state index contributed by atoms with van der Waals surface area (Å²) >= 11 is 0. The fourth-order valence-corrected chi connectivity index (χ4v) is 3.77. The molecule has 2 aromatic carbocycles.